The minimum atomic E-state index is 0.855. The first-order chi connectivity index (χ1) is 15.8. The summed E-state index contributed by atoms with van der Waals surface area (Å²) in [5.74, 6) is 1.77. The number of hydrogen-bond donors (Lipinski definition) is 0. The van der Waals surface area contributed by atoms with Crippen LogP contribution in [0.4, 0.5) is 0 Å². The van der Waals surface area contributed by atoms with E-state index in [1.165, 1.54) is 37.9 Å². The number of ether oxygens (including phenoxy) is 1. The average Bonchev–Trinajstić information content (AvgIpc) is 2.85. The van der Waals surface area contributed by atoms with Crippen molar-refractivity contribution in [1.82, 2.24) is 4.98 Å². The lowest BCUT2D eigenvalue weighted by atomic mass is 9.91. The predicted octanol–water partition coefficient (Wildman–Crippen LogP) is 6.51. The second-order valence-electron chi connectivity index (χ2n) is 8.42. The molecule has 0 N–H and O–H groups in total. The minimum absolute atomic E-state index is 0.855. The molecule has 0 saturated heterocycles. The third-order valence-corrected chi connectivity index (χ3v) is 6.28. The molecule has 0 bridgehead atoms. The molecule has 0 radical (unpaired) electrons. The highest BCUT2D eigenvalue weighted by Gasteiger charge is 2.16. The topological polar surface area (TPSA) is 22.1 Å². The maximum Gasteiger partial charge on any atom is 0.142 e. The maximum absolute atomic E-state index is 6.53. The van der Waals surface area contributed by atoms with E-state index in [0.717, 1.165) is 35.1 Å². The molecule has 1 heterocycles. The molecule has 0 fully saturated rings. The molecule has 1 aliphatic rings. The molecule has 0 atom stereocenters. The molecule has 4 aromatic carbocycles. The number of pyridine rings is 1. The van der Waals surface area contributed by atoms with E-state index in [4.69, 9.17) is 4.74 Å². The Morgan fingerprint density at radius 2 is 1.53 bits per heavy atom. The Balaban J connectivity index is 1.66. The van der Waals surface area contributed by atoms with Gasteiger partial charge in [0.25, 0.3) is 0 Å². The number of aryl methyl sites for hydroxylation is 1. The lowest BCUT2D eigenvalue weighted by Crippen LogP contribution is -2.30. The van der Waals surface area contributed by atoms with Crippen LogP contribution in [0, 0.1) is 6.92 Å². The smallest absolute Gasteiger partial charge is 0.142 e. The summed E-state index contributed by atoms with van der Waals surface area (Å²) in [4.78, 5) is 4.49. The van der Waals surface area contributed by atoms with Gasteiger partial charge < -0.3 is 4.74 Å². The Labute approximate surface area is 187 Å². The van der Waals surface area contributed by atoms with Crippen LogP contribution in [0.15, 0.2) is 85.2 Å². The van der Waals surface area contributed by atoms with Gasteiger partial charge in [0, 0.05) is 28.4 Å². The normalized spacial score (nSPS) is 12.8. The summed E-state index contributed by atoms with van der Waals surface area (Å²) in [5.41, 5.74) is 3.67. The molecule has 154 valence electrons. The van der Waals surface area contributed by atoms with Crippen LogP contribution in [0.3, 0.4) is 0 Å². The third kappa shape index (κ3) is 3.16. The van der Waals surface area contributed by atoms with Crippen molar-refractivity contribution in [3.8, 4) is 22.6 Å². The molecule has 0 unspecified atom stereocenters. The highest BCUT2D eigenvalue weighted by atomic mass is 16.5. The summed E-state index contributed by atoms with van der Waals surface area (Å²) >= 11 is 0. The van der Waals surface area contributed by atoms with E-state index in [2.05, 4.69) is 84.7 Å². The number of fused-ring (bicyclic) bond motifs is 3. The Morgan fingerprint density at radius 1 is 0.750 bits per heavy atom. The number of aromatic nitrogens is 1. The van der Waals surface area contributed by atoms with Crippen molar-refractivity contribution >= 4 is 33.7 Å². The second-order valence-corrected chi connectivity index (χ2v) is 8.42. The van der Waals surface area contributed by atoms with Gasteiger partial charge in [-0.1, -0.05) is 66.2 Å². The summed E-state index contributed by atoms with van der Waals surface area (Å²) in [6.07, 6.45) is 10.6. The Hall–Kier alpha value is -3.91. The van der Waals surface area contributed by atoms with Gasteiger partial charge in [-0.15, -0.1) is 0 Å². The molecule has 0 saturated carbocycles. The van der Waals surface area contributed by atoms with Gasteiger partial charge in [-0.3, -0.25) is 4.98 Å². The van der Waals surface area contributed by atoms with Gasteiger partial charge >= 0.3 is 0 Å². The van der Waals surface area contributed by atoms with Crippen molar-refractivity contribution in [1.29, 1.82) is 0 Å². The van der Waals surface area contributed by atoms with Gasteiger partial charge in [-0.05, 0) is 71.1 Å². The largest absolute Gasteiger partial charge is 0.456 e. The van der Waals surface area contributed by atoms with Crippen LogP contribution in [0.25, 0.3) is 44.8 Å². The van der Waals surface area contributed by atoms with E-state index >= 15 is 0 Å². The van der Waals surface area contributed by atoms with Crippen LogP contribution in [-0.4, -0.2) is 4.98 Å². The van der Waals surface area contributed by atoms with Crippen molar-refractivity contribution in [2.75, 3.05) is 0 Å². The molecule has 1 aromatic heterocycles. The lowest BCUT2D eigenvalue weighted by Gasteiger charge is -2.17. The van der Waals surface area contributed by atoms with E-state index in [1.807, 2.05) is 24.5 Å². The molecule has 0 spiro atoms. The number of hydrogen-bond acceptors (Lipinski definition) is 2. The maximum atomic E-state index is 6.53. The Morgan fingerprint density at radius 3 is 2.38 bits per heavy atom. The number of nitrogens with zero attached hydrogens (tertiary/aromatic N) is 1. The summed E-state index contributed by atoms with van der Waals surface area (Å²) in [5, 5.41) is 7.13. The fraction of sp³-hybridized carbons (Fsp3) is 0.100. The van der Waals surface area contributed by atoms with Gasteiger partial charge in [-0.2, -0.15) is 0 Å². The van der Waals surface area contributed by atoms with E-state index in [9.17, 15) is 0 Å². The highest BCUT2D eigenvalue weighted by molar-refractivity contribution is 6.02. The Bertz CT molecular complexity index is 1600. The van der Waals surface area contributed by atoms with Crippen molar-refractivity contribution < 1.29 is 4.74 Å². The minimum Gasteiger partial charge on any atom is -0.456 e. The van der Waals surface area contributed by atoms with Crippen molar-refractivity contribution in [3.63, 3.8) is 0 Å². The SMILES string of the molecule is Cc1ccc(Oc2c3c(c(-c4ccc5ccccc5c4)c4cnccc24)=CCCC=3)cc1. The molecule has 0 amide bonds. The van der Waals surface area contributed by atoms with E-state index in [1.54, 1.807) is 0 Å². The number of rotatable bonds is 3. The fourth-order valence-corrected chi connectivity index (χ4v) is 4.70. The van der Waals surface area contributed by atoms with Crippen LogP contribution in [0.1, 0.15) is 18.4 Å². The number of benzene rings is 4. The predicted molar refractivity (Wildman–Crippen MR) is 133 cm³/mol. The monoisotopic (exact) mass is 413 g/mol. The van der Waals surface area contributed by atoms with Crippen LogP contribution >= 0.6 is 0 Å². The molecule has 32 heavy (non-hydrogen) atoms. The van der Waals surface area contributed by atoms with Crippen LogP contribution in [-0.2, 0) is 0 Å². The first kappa shape index (κ1) is 18.8. The molecule has 2 heteroatoms. The first-order valence-electron chi connectivity index (χ1n) is 11.1. The zero-order valence-corrected chi connectivity index (χ0v) is 18.0. The fourth-order valence-electron chi connectivity index (χ4n) is 4.70. The lowest BCUT2D eigenvalue weighted by molar-refractivity contribution is 0.483. The quantitative estimate of drug-likeness (QED) is 0.336. The molecule has 0 aliphatic heterocycles. The van der Waals surface area contributed by atoms with Gasteiger partial charge in [0.05, 0.1) is 0 Å². The molecular formula is C30H23NO. The van der Waals surface area contributed by atoms with Crippen LogP contribution in [0.5, 0.6) is 11.5 Å². The van der Waals surface area contributed by atoms with E-state index in [0.29, 0.717) is 0 Å². The molecular weight excluding hydrogens is 390 g/mol. The molecule has 6 rings (SSSR count). The van der Waals surface area contributed by atoms with Gasteiger partial charge in [0.1, 0.15) is 11.5 Å². The summed E-state index contributed by atoms with van der Waals surface area (Å²) < 4.78 is 6.53. The summed E-state index contributed by atoms with van der Waals surface area (Å²) in [6.45, 7) is 2.09. The summed E-state index contributed by atoms with van der Waals surface area (Å²) in [6, 6.07) is 25.6. The first-order valence-corrected chi connectivity index (χ1v) is 11.1. The zero-order chi connectivity index (χ0) is 21.5. The molecule has 1 aliphatic carbocycles. The standard InChI is InChI=1S/C30H23NO/c1-20-10-14-24(15-11-20)32-30-26-9-5-4-8-25(26)29(28-19-31-17-16-27(28)30)23-13-12-21-6-2-3-7-22(21)18-23/h2-3,6-19H,4-5H2,1H3. The van der Waals surface area contributed by atoms with Gasteiger partial charge in [0.2, 0.25) is 0 Å². The average molecular weight is 414 g/mol. The van der Waals surface area contributed by atoms with Crippen molar-refractivity contribution in [2.45, 2.75) is 19.8 Å². The second kappa shape index (κ2) is 7.65. The van der Waals surface area contributed by atoms with Gasteiger partial charge in [-0.25, -0.2) is 0 Å². The van der Waals surface area contributed by atoms with E-state index in [-0.39, 0.29) is 0 Å². The molecule has 2 nitrogen and oxygen atoms in total. The van der Waals surface area contributed by atoms with Crippen LogP contribution in [0.2, 0.25) is 0 Å². The highest BCUT2D eigenvalue weighted by Crippen LogP contribution is 2.33. The zero-order valence-electron chi connectivity index (χ0n) is 18.0. The van der Waals surface area contributed by atoms with Crippen molar-refractivity contribution in [2.24, 2.45) is 0 Å². The molecule has 5 aromatic rings. The van der Waals surface area contributed by atoms with Crippen molar-refractivity contribution in [3.05, 3.63) is 101 Å². The van der Waals surface area contributed by atoms with Crippen LogP contribution < -0.4 is 15.2 Å². The third-order valence-electron chi connectivity index (χ3n) is 6.28. The summed E-state index contributed by atoms with van der Waals surface area (Å²) in [7, 11) is 0. The Kier molecular flexibility index (Phi) is 4.50. The van der Waals surface area contributed by atoms with E-state index < -0.39 is 0 Å². The van der Waals surface area contributed by atoms with Gasteiger partial charge in [0.15, 0.2) is 0 Å².